The fourth-order valence-electron chi connectivity index (χ4n) is 4.74. The lowest BCUT2D eigenvalue weighted by molar-refractivity contribution is 0.194. The van der Waals surface area contributed by atoms with E-state index in [0.29, 0.717) is 38.7 Å². The van der Waals surface area contributed by atoms with E-state index in [1.54, 1.807) is 25.1 Å². The highest BCUT2D eigenvalue weighted by Crippen LogP contribution is 2.39. The van der Waals surface area contributed by atoms with Crippen LogP contribution in [0.4, 0.5) is 0 Å². The number of aliphatic hydroxyl groups excluding tert-OH is 1. The van der Waals surface area contributed by atoms with Crippen LogP contribution in [0.5, 0.6) is 0 Å². The number of rotatable bonds is 4. The van der Waals surface area contributed by atoms with Crippen LogP contribution in [0.3, 0.4) is 0 Å². The molecule has 0 radical (unpaired) electrons. The van der Waals surface area contributed by atoms with Gasteiger partial charge in [0.15, 0.2) is 0 Å². The van der Waals surface area contributed by atoms with E-state index in [-0.39, 0.29) is 0 Å². The number of nitrogens with one attached hydrogen (secondary N) is 1. The number of benzene rings is 1. The highest BCUT2D eigenvalue weighted by atomic mass is 35.5. The summed E-state index contributed by atoms with van der Waals surface area (Å²) in [7, 11) is 0. The SMILES string of the molecule is CC(O)c1c(-c2c(Cl)cccc2Cl)nc2c3cc(-c4cnn([C@H]5CCNC5)c4)cnc3ccn12. The first-order valence-electron chi connectivity index (χ1n) is 11.2. The molecule has 0 spiro atoms. The second-order valence-corrected chi connectivity index (χ2v) is 9.45. The molecule has 2 atom stereocenters. The van der Waals surface area contributed by atoms with Crippen LogP contribution in [-0.2, 0) is 0 Å². The zero-order chi connectivity index (χ0) is 23.4. The zero-order valence-corrected chi connectivity index (χ0v) is 19.9. The molecule has 1 saturated heterocycles. The summed E-state index contributed by atoms with van der Waals surface area (Å²) < 4.78 is 3.92. The number of halogens is 2. The molecule has 6 rings (SSSR count). The number of nitrogens with zero attached hydrogens (tertiary/aromatic N) is 5. The fourth-order valence-corrected chi connectivity index (χ4v) is 5.31. The van der Waals surface area contributed by atoms with Gasteiger partial charge in [-0.05, 0) is 44.2 Å². The number of fused-ring (bicyclic) bond motifs is 3. The van der Waals surface area contributed by atoms with Crippen LogP contribution in [0.1, 0.15) is 31.2 Å². The quantitative estimate of drug-likeness (QED) is 0.355. The minimum Gasteiger partial charge on any atom is -0.387 e. The zero-order valence-electron chi connectivity index (χ0n) is 18.4. The average Bonchev–Trinajstić information content (AvgIpc) is 3.57. The van der Waals surface area contributed by atoms with Gasteiger partial charge in [0.2, 0.25) is 0 Å². The molecule has 9 heteroatoms. The first-order chi connectivity index (χ1) is 16.5. The molecular weight excluding hydrogens is 471 g/mol. The molecule has 0 aliphatic carbocycles. The molecule has 1 fully saturated rings. The van der Waals surface area contributed by atoms with Gasteiger partial charge in [-0.25, -0.2) is 4.98 Å². The molecular formula is C25H22Cl2N6O. The predicted octanol–water partition coefficient (Wildman–Crippen LogP) is 5.31. The normalized spacial score (nSPS) is 17.1. The first kappa shape index (κ1) is 21.6. The van der Waals surface area contributed by atoms with Gasteiger partial charge in [0.25, 0.3) is 0 Å². The Bertz CT molecular complexity index is 1510. The van der Waals surface area contributed by atoms with Crippen molar-refractivity contribution in [3.8, 4) is 22.4 Å². The molecule has 7 nitrogen and oxygen atoms in total. The molecule has 0 bridgehead atoms. The maximum atomic E-state index is 10.7. The summed E-state index contributed by atoms with van der Waals surface area (Å²) in [5.74, 6) is 0. The Kier molecular flexibility index (Phi) is 5.30. The smallest absolute Gasteiger partial charge is 0.147 e. The molecule has 0 saturated carbocycles. The van der Waals surface area contributed by atoms with Crippen molar-refractivity contribution >= 4 is 39.8 Å². The maximum Gasteiger partial charge on any atom is 0.147 e. The van der Waals surface area contributed by atoms with Gasteiger partial charge in [-0.3, -0.25) is 9.67 Å². The molecule has 1 aliphatic heterocycles. The van der Waals surface area contributed by atoms with Crippen LogP contribution < -0.4 is 5.32 Å². The molecule has 5 aromatic rings. The number of aliphatic hydroxyl groups is 1. The summed E-state index contributed by atoms with van der Waals surface area (Å²) in [6.07, 6.45) is 7.97. The van der Waals surface area contributed by atoms with E-state index < -0.39 is 6.10 Å². The van der Waals surface area contributed by atoms with Crippen LogP contribution in [0.2, 0.25) is 10.0 Å². The molecule has 1 aromatic carbocycles. The third-order valence-corrected chi connectivity index (χ3v) is 7.06. The number of pyridine rings is 2. The van der Waals surface area contributed by atoms with E-state index in [1.165, 1.54) is 0 Å². The van der Waals surface area contributed by atoms with Crippen molar-refractivity contribution in [2.75, 3.05) is 13.1 Å². The lowest BCUT2D eigenvalue weighted by Crippen LogP contribution is -2.13. The summed E-state index contributed by atoms with van der Waals surface area (Å²) >= 11 is 13.0. The minimum absolute atomic E-state index is 0.373. The third-order valence-electron chi connectivity index (χ3n) is 6.43. The maximum absolute atomic E-state index is 10.7. The van der Waals surface area contributed by atoms with Gasteiger partial charge < -0.3 is 14.8 Å². The second kappa shape index (κ2) is 8.36. The Labute approximate surface area is 206 Å². The molecule has 2 N–H and O–H groups in total. The summed E-state index contributed by atoms with van der Waals surface area (Å²) in [5, 5.41) is 20.5. The van der Waals surface area contributed by atoms with Gasteiger partial charge in [0.1, 0.15) is 5.65 Å². The van der Waals surface area contributed by atoms with Crippen molar-refractivity contribution in [3.63, 3.8) is 0 Å². The second-order valence-electron chi connectivity index (χ2n) is 8.64. The van der Waals surface area contributed by atoms with Crippen LogP contribution >= 0.6 is 23.2 Å². The lowest BCUT2D eigenvalue weighted by Gasteiger charge is -2.10. The molecule has 0 amide bonds. The fraction of sp³-hybridized carbons (Fsp3) is 0.240. The van der Waals surface area contributed by atoms with Crippen LogP contribution in [0.15, 0.2) is 55.1 Å². The van der Waals surface area contributed by atoms with Gasteiger partial charge in [-0.2, -0.15) is 5.10 Å². The highest BCUT2D eigenvalue weighted by Gasteiger charge is 2.23. The number of hydrogen-bond acceptors (Lipinski definition) is 5. The molecule has 1 aliphatic rings. The van der Waals surface area contributed by atoms with Crippen molar-refractivity contribution < 1.29 is 5.11 Å². The van der Waals surface area contributed by atoms with Crippen LogP contribution in [0, 0.1) is 0 Å². The average molecular weight is 493 g/mol. The Morgan fingerprint density at radius 2 is 1.97 bits per heavy atom. The largest absolute Gasteiger partial charge is 0.387 e. The topological polar surface area (TPSA) is 80.3 Å². The van der Waals surface area contributed by atoms with Crippen LogP contribution in [-0.4, -0.2) is 42.3 Å². The minimum atomic E-state index is -0.788. The standard InChI is InChI=1S/C25H22Cl2N6O/c1-14(34)24-23(22-19(26)3-2-4-20(22)27)31-25-18-9-15(10-29-21(18)6-8-32(24)25)16-11-30-33(13-16)17-5-7-28-12-17/h2-4,6,8-11,13-14,17,28,34H,5,7,12H2,1H3/t14?,17-/m0/s1. The van der Waals surface area contributed by atoms with E-state index >= 15 is 0 Å². The Hall–Kier alpha value is -2.97. The summed E-state index contributed by atoms with van der Waals surface area (Å²) in [6, 6.07) is 9.70. The Balaban J connectivity index is 1.55. The highest BCUT2D eigenvalue weighted by molar-refractivity contribution is 6.39. The molecule has 172 valence electrons. The van der Waals surface area contributed by atoms with Gasteiger partial charge in [-0.1, -0.05) is 29.3 Å². The van der Waals surface area contributed by atoms with Gasteiger partial charge >= 0.3 is 0 Å². The van der Waals surface area contributed by atoms with Crippen molar-refractivity contribution in [2.45, 2.75) is 25.5 Å². The number of hydrogen-bond donors (Lipinski definition) is 2. The number of imidazole rings is 1. The number of aromatic nitrogens is 5. The van der Waals surface area contributed by atoms with Gasteiger partial charge in [-0.15, -0.1) is 0 Å². The van der Waals surface area contributed by atoms with Crippen molar-refractivity contribution in [2.24, 2.45) is 0 Å². The summed E-state index contributed by atoms with van der Waals surface area (Å²) in [5.41, 5.74) is 5.23. The van der Waals surface area contributed by atoms with E-state index in [9.17, 15) is 5.11 Å². The monoisotopic (exact) mass is 492 g/mol. The van der Waals surface area contributed by atoms with E-state index in [2.05, 4.69) is 27.7 Å². The van der Waals surface area contributed by atoms with Crippen molar-refractivity contribution in [1.82, 2.24) is 29.5 Å². The summed E-state index contributed by atoms with van der Waals surface area (Å²) in [6.45, 7) is 3.66. The molecule has 1 unspecified atom stereocenters. The van der Waals surface area contributed by atoms with Gasteiger partial charge in [0.05, 0.1) is 45.3 Å². The lowest BCUT2D eigenvalue weighted by atomic mass is 10.1. The van der Waals surface area contributed by atoms with Gasteiger partial charge in [0, 0.05) is 47.2 Å². The van der Waals surface area contributed by atoms with Crippen molar-refractivity contribution in [1.29, 1.82) is 0 Å². The molecule has 34 heavy (non-hydrogen) atoms. The first-order valence-corrected chi connectivity index (χ1v) is 12.0. The van der Waals surface area contributed by atoms with E-state index in [1.807, 2.05) is 33.7 Å². The van der Waals surface area contributed by atoms with Crippen molar-refractivity contribution in [3.05, 3.63) is 70.9 Å². The van der Waals surface area contributed by atoms with E-state index in [0.717, 1.165) is 41.5 Å². The van der Waals surface area contributed by atoms with E-state index in [4.69, 9.17) is 28.2 Å². The third kappa shape index (κ3) is 3.47. The van der Waals surface area contributed by atoms with Crippen LogP contribution in [0.25, 0.3) is 38.9 Å². The Morgan fingerprint density at radius 3 is 2.71 bits per heavy atom. The Morgan fingerprint density at radius 1 is 1.15 bits per heavy atom. The summed E-state index contributed by atoms with van der Waals surface area (Å²) in [4.78, 5) is 9.61. The molecule has 4 aromatic heterocycles. The predicted molar refractivity (Wildman–Crippen MR) is 134 cm³/mol. The molecule has 5 heterocycles.